The minimum atomic E-state index is -0.939. The Morgan fingerprint density at radius 2 is 2.18 bits per heavy atom. The molecule has 1 aromatic heterocycles. The van der Waals surface area contributed by atoms with Crippen molar-refractivity contribution in [3.8, 4) is 0 Å². The number of aromatic nitrogens is 1. The second-order valence-electron chi connectivity index (χ2n) is 4.45. The van der Waals surface area contributed by atoms with Crippen molar-refractivity contribution in [2.45, 2.75) is 25.5 Å². The summed E-state index contributed by atoms with van der Waals surface area (Å²) in [6, 6.07) is 3.28. The molecule has 0 radical (unpaired) electrons. The third-order valence-corrected chi connectivity index (χ3v) is 3.81. The van der Waals surface area contributed by atoms with Gasteiger partial charge in [-0.3, -0.25) is 0 Å². The van der Waals surface area contributed by atoms with Crippen molar-refractivity contribution in [3.05, 3.63) is 23.4 Å². The average molecular weight is 254 g/mol. The Morgan fingerprint density at radius 1 is 1.53 bits per heavy atom. The third kappa shape index (κ3) is 3.93. The van der Waals surface area contributed by atoms with E-state index in [2.05, 4.69) is 30.4 Å². The van der Waals surface area contributed by atoms with Crippen LogP contribution in [0.4, 0.5) is 5.82 Å². The lowest BCUT2D eigenvalue weighted by Crippen LogP contribution is -2.26. The maximum Gasteiger partial charge on any atom is 0.337 e. The summed E-state index contributed by atoms with van der Waals surface area (Å²) < 4.78 is 0.126. The van der Waals surface area contributed by atoms with Crippen LogP contribution in [0, 0.1) is 6.92 Å². The summed E-state index contributed by atoms with van der Waals surface area (Å²) in [7, 11) is 0. The highest BCUT2D eigenvalue weighted by Crippen LogP contribution is 2.21. The van der Waals surface area contributed by atoms with Gasteiger partial charge in [-0.15, -0.1) is 0 Å². The van der Waals surface area contributed by atoms with Crippen LogP contribution in [0.2, 0.25) is 0 Å². The fraction of sp³-hybridized carbons (Fsp3) is 0.500. The molecule has 17 heavy (non-hydrogen) atoms. The summed E-state index contributed by atoms with van der Waals surface area (Å²) in [6.45, 7) is 6.77. The molecule has 0 aromatic carbocycles. The van der Waals surface area contributed by atoms with Crippen molar-refractivity contribution in [2.24, 2.45) is 0 Å². The zero-order valence-electron chi connectivity index (χ0n) is 10.6. The van der Waals surface area contributed by atoms with Crippen LogP contribution in [-0.4, -0.2) is 33.6 Å². The predicted octanol–water partition coefficient (Wildman–Crippen LogP) is 2.64. The van der Waals surface area contributed by atoms with Crippen LogP contribution in [0.3, 0.4) is 0 Å². The van der Waals surface area contributed by atoms with Crippen LogP contribution >= 0.6 is 11.8 Å². The molecule has 0 unspecified atom stereocenters. The highest BCUT2D eigenvalue weighted by atomic mass is 32.2. The number of anilines is 1. The van der Waals surface area contributed by atoms with Crippen LogP contribution in [0.5, 0.6) is 0 Å². The molecule has 0 atom stereocenters. The summed E-state index contributed by atoms with van der Waals surface area (Å²) in [6.07, 6.45) is 2.06. The Balaban J connectivity index is 2.75. The number of thioether (sulfide) groups is 1. The maximum absolute atomic E-state index is 10.8. The molecule has 94 valence electrons. The van der Waals surface area contributed by atoms with Gasteiger partial charge in [0.25, 0.3) is 0 Å². The Bertz CT molecular complexity index is 419. The molecule has 0 fully saturated rings. The Labute approximate surface area is 106 Å². The van der Waals surface area contributed by atoms with Crippen LogP contribution in [0.1, 0.15) is 29.9 Å². The molecular weight excluding hydrogens is 236 g/mol. The summed E-state index contributed by atoms with van der Waals surface area (Å²) in [5.74, 6) is -0.222. The number of aromatic carboxylic acids is 1. The van der Waals surface area contributed by atoms with E-state index in [0.29, 0.717) is 5.69 Å². The molecule has 0 saturated heterocycles. The lowest BCUT2D eigenvalue weighted by molar-refractivity contribution is 0.0695. The maximum atomic E-state index is 10.8. The van der Waals surface area contributed by atoms with E-state index in [1.807, 2.05) is 0 Å². The van der Waals surface area contributed by atoms with Crippen LogP contribution in [-0.2, 0) is 0 Å². The molecule has 2 N–H and O–H groups in total. The van der Waals surface area contributed by atoms with E-state index in [0.717, 1.165) is 12.4 Å². The van der Waals surface area contributed by atoms with Gasteiger partial charge in [-0.05, 0) is 39.2 Å². The molecule has 5 heteroatoms. The summed E-state index contributed by atoms with van der Waals surface area (Å²) >= 11 is 1.77. The van der Waals surface area contributed by atoms with Crippen molar-refractivity contribution >= 4 is 23.5 Å². The zero-order chi connectivity index (χ0) is 13.1. The van der Waals surface area contributed by atoms with E-state index in [1.165, 1.54) is 0 Å². The molecule has 0 spiro atoms. The van der Waals surface area contributed by atoms with Gasteiger partial charge in [0.2, 0.25) is 0 Å². The van der Waals surface area contributed by atoms with Crippen molar-refractivity contribution in [1.29, 1.82) is 0 Å². The number of nitrogens with zero attached hydrogens (tertiary/aromatic N) is 1. The first-order chi connectivity index (χ1) is 7.85. The molecular formula is C12H18N2O2S. The van der Waals surface area contributed by atoms with Gasteiger partial charge < -0.3 is 10.4 Å². The Hall–Kier alpha value is -1.23. The van der Waals surface area contributed by atoms with Crippen molar-refractivity contribution in [3.63, 3.8) is 0 Å². The van der Waals surface area contributed by atoms with E-state index >= 15 is 0 Å². The second-order valence-corrected chi connectivity index (χ2v) is 5.97. The number of hydrogen-bond donors (Lipinski definition) is 2. The topological polar surface area (TPSA) is 62.2 Å². The largest absolute Gasteiger partial charge is 0.478 e. The van der Waals surface area contributed by atoms with E-state index in [1.54, 1.807) is 30.8 Å². The van der Waals surface area contributed by atoms with Crippen molar-refractivity contribution in [1.82, 2.24) is 4.98 Å². The minimum absolute atomic E-state index is 0.126. The number of carboxylic acid groups (broad SMARTS) is 1. The standard InChI is InChI=1S/C12H18N2O2S/c1-8-9(11(15)16)5-6-10(14-8)13-7-12(2,3)17-4/h5-6H,7H2,1-4H3,(H,13,14)(H,15,16). The monoisotopic (exact) mass is 254 g/mol. The normalized spacial score (nSPS) is 11.3. The molecule has 0 bridgehead atoms. The first-order valence-electron chi connectivity index (χ1n) is 5.36. The average Bonchev–Trinajstić information content (AvgIpc) is 2.26. The summed E-state index contributed by atoms with van der Waals surface area (Å²) in [4.78, 5) is 15.1. The van der Waals surface area contributed by atoms with Crippen LogP contribution in [0.15, 0.2) is 12.1 Å². The number of hydrogen-bond acceptors (Lipinski definition) is 4. The minimum Gasteiger partial charge on any atom is -0.478 e. The molecule has 1 heterocycles. The van der Waals surface area contributed by atoms with Gasteiger partial charge in [-0.2, -0.15) is 11.8 Å². The second kappa shape index (κ2) is 5.40. The number of pyridine rings is 1. The quantitative estimate of drug-likeness (QED) is 0.845. The van der Waals surface area contributed by atoms with Crippen molar-refractivity contribution < 1.29 is 9.90 Å². The van der Waals surface area contributed by atoms with Gasteiger partial charge in [-0.25, -0.2) is 9.78 Å². The fourth-order valence-corrected chi connectivity index (χ4v) is 1.48. The SMILES string of the molecule is CSC(C)(C)CNc1ccc(C(=O)O)c(C)n1. The molecule has 1 rings (SSSR count). The van der Waals surface area contributed by atoms with E-state index in [4.69, 9.17) is 5.11 Å². The van der Waals surface area contributed by atoms with Gasteiger partial charge in [0.05, 0.1) is 11.3 Å². The van der Waals surface area contributed by atoms with Gasteiger partial charge in [-0.1, -0.05) is 0 Å². The van der Waals surface area contributed by atoms with Gasteiger partial charge >= 0.3 is 5.97 Å². The van der Waals surface area contributed by atoms with Crippen LogP contribution < -0.4 is 5.32 Å². The lowest BCUT2D eigenvalue weighted by Gasteiger charge is -2.22. The first kappa shape index (κ1) is 13.8. The van der Waals surface area contributed by atoms with Gasteiger partial charge in [0.1, 0.15) is 5.82 Å². The molecule has 0 aliphatic carbocycles. The number of nitrogens with one attached hydrogen (secondary N) is 1. The molecule has 4 nitrogen and oxygen atoms in total. The molecule has 1 aromatic rings. The third-order valence-electron chi connectivity index (χ3n) is 2.56. The van der Waals surface area contributed by atoms with Crippen LogP contribution in [0.25, 0.3) is 0 Å². The predicted molar refractivity (Wildman–Crippen MR) is 72.0 cm³/mol. The molecule has 0 aliphatic heterocycles. The van der Waals surface area contributed by atoms with Crippen molar-refractivity contribution in [2.75, 3.05) is 18.1 Å². The number of carbonyl (C=O) groups is 1. The smallest absolute Gasteiger partial charge is 0.337 e. The van der Waals surface area contributed by atoms with Gasteiger partial charge in [0.15, 0.2) is 0 Å². The Morgan fingerprint density at radius 3 is 2.65 bits per heavy atom. The first-order valence-corrected chi connectivity index (χ1v) is 6.58. The zero-order valence-corrected chi connectivity index (χ0v) is 11.4. The van der Waals surface area contributed by atoms with E-state index in [9.17, 15) is 4.79 Å². The number of aryl methyl sites for hydroxylation is 1. The van der Waals surface area contributed by atoms with Gasteiger partial charge in [0, 0.05) is 11.3 Å². The molecule has 0 saturated carbocycles. The summed E-state index contributed by atoms with van der Waals surface area (Å²) in [5, 5.41) is 12.1. The molecule has 0 amide bonds. The number of carboxylic acids is 1. The number of rotatable bonds is 5. The molecule has 0 aliphatic rings. The fourth-order valence-electron chi connectivity index (χ4n) is 1.26. The Kier molecular flexibility index (Phi) is 4.40. The highest BCUT2D eigenvalue weighted by Gasteiger charge is 2.16. The highest BCUT2D eigenvalue weighted by molar-refractivity contribution is 7.99. The lowest BCUT2D eigenvalue weighted by atomic mass is 10.2. The van der Waals surface area contributed by atoms with E-state index < -0.39 is 5.97 Å². The van der Waals surface area contributed by atoms with E-state index in [-0.39, 0.29) is 10.3 Å². The summed E-state index contributed by atoms with van der Waals surface area (Å²) in [5.41, 5.74) is 0.782.